The van der Waals surface area contributed by atoms with E-state index in [0.29, 0.717) is 23.6 Å². The summed E-state index contributed by atoms with van der Waals surface area (Å²) < 4.78 is 1.73. The molecule has 3 N–H and O–H groups in total. The fourth-order valence-corrected chi connectivity index (χ4v) is 1.93. The molecule has 0 radical (unpaired) electrons. The first-order valence-electron chi connectivity index (χ1n) is 6.16. The average molecular weight is 262 g/mol. The fourth-order valence-electron chi connectivity index (χ4n) is 1.93. The maximum absolute atomic E-state index is 12.0. The Bertz CT molecular complexity index is 606. The summed E-state index contributed by atoms with van der Waals surface area (Å²) in [7, 11) is 1.75. The van der Waals surface area contributed by atoms with E-state index in [0.717, 1.165) is 5.52 Å². The number of hydrogen-bond acceptors (Lipinski definition) is 4. The highest BCUT2D eigenvalue weighted by molar-refractivity contribution is 5.83. The summed E-state index contributed by atoms with van der Waals surface area (Å²) in [5.74, 6) is 0.451. The molecule has 2 rings (SSSR count). The van der Waals surface area contributed by atoms with E-state index in [1.807, 2.05) is 13.0 Å². The molecule has 1 amide bonds. The van der Waals surface area contributed by atoms with Gasteiger partial charge in [0.25, 0.3) is 0 Å². The van der Waals surface area contributed by atoms with Crippen LogP contribution in [0.15, 0.2) is 18.2 Å². The lowest BCUT2D eigenvalue weighted by Gasteiger charge is -2.16. The molecule has 6 heteroatoms. The molecule has 0 unspecified atom stereocenters. The number of nitrogens with zero attached hydrogens (tertiary/aromatic N) is 3. The summed E-state index contributed by atoms with van der Waals surface area (Å²) in [5.41, 5.74) is 7.81. The molecule has 0 aliphatic heterocycles. The van der Waals surface area contributed by atoms with Crippen LogP contribution in [0, 0.1) is 0 Å². The van der Waals surface area contributed by atoms with Gasteiger partial charge in [-0.25, -0.2) is 4.98 Å². The smallest absolute Gasteiger partial charge is 0.242 e. The van der Waals surface area contributed by atoms with E-state index >= 15 is 0 Å². The van der Waals surface area contributed by atoms with Crippen molar-refractivity contribution >= 4 is 22.6 Å². The highest BCUT2D eigenvalue weighted by Gasteiger charge is 2.15. The number of amides is 1. The number of fused-ring (bicyclic) bond motifs is 1. The normalized spacial score (nSPS) is 10.9. The molecule has 0 spiro atoms. The van der Waals surface area contributed by atoms with Crippen molar-refractivity contribution < 1.29 is 9.90 Å². The van der Waals surface area contributed by atoms with Gasteiger partial charge in [-0.3, -0.25) is 4.79 Å². The van der Waals surface area contributed by atoms with Crippen molar-refractivity contribution in [3.63, 3.8) is 0 Å². The second-order valence-electron chi connectivity index (χ2n) is 4.43. The molecule has 0 aliphatic carbocycles. The van der Waals surface area contributed by atoms with Gasteiger partial charge in [-0.15, -0.1) is 0 Å². The molecule has 0 atom stereocenters. The molecule has 0 bridgehead atoms. The van der Waals surface area contributed by atoms with Gasteiger partial charge in [0.1, 0.15) is 19.0 Å². The Morgan fingerprint density at radius 2 is 2.26 bits per heavy atom. The third kappa shape index (κ3) is 2.53. The lowest BCUT2D eigenvalue weighted by molar-refractivity contribution is -0.130. The van der Waals surface area contributed by atoms with Crippen molar-refractivity contribution in [3.05, 3.63) is 24.0 Å². The second kappa shape index (κ2) is 5.27. The molecule has 0 saturated heterocycles. The number of benzene rings is 1. The molecule has 0 fully saturated rings. The Morgan fingerprint density at radius 1 is 1.53 bits per heavy atom. The van der Waals surface area contributed by atoms with Crippen LogP contribution in [0.5, 0.6) is 0 Å². The predicted octanol–water partition coefficient (Wildman–Crippen LogP) is 0.589. The Labute approximate surface area is 111 Å². The van der Waals surface area contributed by atoms with Crippen LogP contribution in [0.2, 0.25) is 0 Å². The number of rotatable bonds is 4. The third-order valence-electron chi connectivity index (χ3n) is 3.19. The van der Waals surface area contributed by atoms with Gasteiger partial charge in [0.15, 0.2) is 0 Å². The first-order chi connectivity index (χ1) is 9.06. The van der Waals surface area contributed by atoms with Crippen LogP contribution in [0.25, 0.3) is 11.0 Å². The molecule has 102 valence electrons. The number of likely N-dealkylation sites (N-methyl/N-ethyl adjacent to an activating group) is 1. The Hall–Kier alpha value is -2.08. The Morgan fingerprint density at radius 3 is 2.89 bits per heavy atom. The lowest BCUT2D eigenvalue weighted by Crippen LogP contribution is -2.30. The van der Waals surface area contributed by atoms with Gasteiger partial charge >= 0.3 is 0 Å². The van der Waals surface area contributed by atoms with Crippen LogP contribution >= 0.6 is 0 Å². The number of nitrogen functional groups attached to an aromatic ring is 1. The molecule has 1 heterocycles. The van der Waals surface area contributed by atoms with E-state index in [-0.39, 0.29) is 19.1 Å². The van der Waals surface area contributed by atoms with Crippen molar-refractivity contribution in [2.45, 2.75) is 20.1 Å². The van der Waals surface area contributed by atoms with Gasteiger partial charge in [-0.1, -0.05) is 0 Å². The summed E-state index contributed by atoms with van der Waals surface area (Å²) in [4.78, 5) is 17.9. The third-order valence-corrected chi connectivity index (χ3v) is 3.19. The monoisotopic (exact) mass is 262 g/mol. The second-order valence-corrected chi connectivity index (χ2v) is 4.43. The molecular weight excluding hydrogens is 244 g/mol. The van der Waals surface area contributed by atoms with E-state index in [4.69, 9.17) is 5.73 Å². The molecule has 19 heavy (non-hydrogen) atoms. The molecule has 0 aliphatic rings. The standard InChI is InChI=1S/C13H18N4O2/c1-3-16(2)13(19)7-17-11-5-4-9(14)6-10(11)15-12(17)8-18/h4-6,18H,3,7-8,14H2,1-2H3. The zero-order valence-corrected chi connectivity index (χ0v) is 11.1. The quantitative estimate of drug-likeness (QED) is 0.790. The first kappa shape index (κ1) is 13.4. The number of anilines is 1. The molecule has 1 aromatic carbocycles. The number of nitrogens with two attached hydrogens (primary N) is 1. The largest absolute Gasteiger partial charge is 0.399 e. The van der Waals surface area contributed by atoms with Crippen molar-refractivity contribution in [2.24, 2.45) is 0 Å². The molecule has 0 saturated carbocycles. The number of carbonyl (C=O) groups excluding carboxylic acids is 1. The number of hydrogen-bond donors (Lipinski definition) is 2. The minimum absolute atomic E-state index is 0.0201. The van der Waals surface area contributed by atoms with Crippen molar-refractivity contribution in [2.75, 3.05) is 19.3 Å². The van der Waals surface area contributed by atoms with Gasteiger partial charge in [-0.2, -0.15) is 0 Å². The van der Waals surface area contributed by atoms with E-state index in [9.17, 15) is 9.90 Å². The molecule has 6 nitrogen and oxygen atoms in total. The number of imidazole rings is 1. The van der Waals surface area contributed by atoms with Gasteiger partial charge in [-0.05, 0) is 25.1 Å². The maximum atomic E-state index is 12.0. The van der Waals surface area contributed by atoms with Crippen LogP contribution in [-0.2, 0) is 17.9 Å². The van der Waals surface area contributed by atoms with Gasteiger partial charge in [0, 0.05) is 19.3 Å². The fraction of sp³-hybridized carbons (Fsp3) is 0.385. The number of aromatic nitrogens is 2. The van der Waals surface area contributed by atoms with Crippen LogP contribution in [0.3, 0.4) is 0 Å². The molecule has 2 aromatic rings. The zero-order valence-electron chi connectivity index (χ0n) is 11.1. The van der Waals surface area contributed by atoms with Crippen LogP contribution in [0.4, 0.5) is 5.69 Å². The number of carbonyl (C=O) groups is 1. The molecule has 1 aromatic heterocycles. The summed E-state index contributed by atoms with van der Waals surface area (Å²) >= 11 is 0. The highest BCUT2D eigenvalue weighted by Crippen LogP contribution is 2.19. The van der Waals surface area contributed by atoms with Crippen molar-refractivity contribution in [3.8, 4) is 0 Å². The van der Waals surface area contributed by atoms with E-state index < -0.39 is 0 Å². The van der Waals surface area contributed by atoms with E-state index in [1.54, 1.807) is 28.6 Å². The topological polar surface area (TPSA) is 84.4 Å². The van der Waals surface area contributed by atoms with Crippen molar-refractivity contribution in [1.29, 1.82) is 0 Å². The molecular formula is C13H18N4O2. The SMILES string of the molecule is CCN(C)C(=O)Cn1c(CO)nc2cc(N)ccc21. The summed E-state index contributed by atoms with van der Waals surface area (Å²) in [6.45, 7) is 2.52. The summed E-state index contributed by atoms with van der Waals surface area (Å²) in [5, 5.41) is 9.36. The van der Waals surface area contributed by atoms with Gasteiger partial charge in [0.05, 0.1) is 11.0 Å². The minimum Gasteiger partial charge on any atom is -0.399 e. The number of aliphatic hydroxyl groups excluding tert-OH is 1. The highest BCUT2D eigenvalue weighted by atomic mass is 16.3. The van der Waals surface area contributed by atoms with E-state index in [2.05, 4.69) is 4.98 Å². The predicted molar refractivity (Wildman–Crippen MR) is 73.4 cm³/mol. The van der Waals surface area contributed by atoms with Crippen molar-refractivity contribution in [1.82, 2.24) is 14.5 Å². The number of aliphatic hydroxyl groups is 1. The summed E-state index contributed by atoms with van der Waals surface area (Å²) in [6.07, 6.45) is 0. The zero-order chi connectivity index (χ0) is 14.0. The van der Waals surface area contributed by atoms with Gasteiger partial charge in [0.2, 0.25) is 5.91 Å². The van der Waals surface area contributed by atoms with Crippen LogP contribution in [0.1, 0.15) is 12.7 Å². The first-order valence-corrected chi connectivity index (χ1v) is 6.16. The minimum atomic E-state index is -0.211. The Balaban J connectivity index is 2.43. The van der Waals surface area contributed by atoms with Crippen LogP contribution in [-0.4, -0.2) is 39.1 Å². The maximum Gasteiger partial charge on any atom is 0.242 e. The lowest BCUT2D eigenvalue weighted by atomic mass is 10.3. The summed E-state index contributed by atoms with van der Waals surface area (Å²) in [6, 6.07) is 5.31. The van der Waals surface area contributed by atoms with E-state index in [1.165, 1.54) is 0 Å². The Kier molecular flexibility index (Phi) is 3.71. The average Bonchev–Trinajstić information content (AvgIpc) is 2.74. The van der Waals surface area contributed by atoms with Gasteiger partial charge < -0.3 is 20.3 Å². The van der Waals surface area contributed by atoms with Crippen LogP contribution < -0.4 is 5.73 Å².